The second kappa shape index (κ2) is 10.6. The van der Waals surface area contributed by atoms with E-state index in [0.29, 0.717) is 25.3 Å². The highest BCUT2D eigenvalue weighted by molar-refractivity contribution is 7.89. The molecule has 0 bridgehead atoms. The van der Waals surface area contributed by atoms with E-state index in [1.807, 2.05) is 37.3 Å². The van der Waals surface area contributed by atoms with Gasteiger partial charge in [0.1, 0.15) is 16.5 Å². The van der Waals surface area contributed by atoms with E-state index >= 15 is 0 Å². The van der Waals surface area contributed by atoms with Gasteiger partial charge in [-0.05, 0) is 30.2 Å². The number of rotatable bonds is 10. The smallest absolute Gasteiger partial charge is 0.251 e. The van der Waals surface area contributed by atoms with Crippen LogP contribution in [0.3, 0.4) is 0 Å². The summed E-state index contributed by atoms with van der Waals surface area (Å²) in [4.78, 5) is 20.7. The average Bonchev–Trinajstić information content (AvgIpc) is 3.33. The summed E-state index contributed by atoms with van der Waals surface area (Å²) >= 11 is 0. The number of carbonyl (C=O) groups excluding carboxylic acids is 1. The average molecular weight is 471 g/mol. The molecule has 176 valence electrons. The first-order valence-electron chi connectivity index (χ1n) is 10.9. The van der Waals surface area contributed by atoms with Crippen LogP contribution in [-0.4, -0.2) is 48.8 Å². The van der Waals surface area contributed by atoms with Gasteiger partial charge in [0.15, 0.2) is 0 Å². The molecular weight excluding hydrogens is 440 g/mol. The Morgan fingerprint density at radius 3 is 2.42 bits per heavy atom. The van der Waals surface area contributed by atoms with Gasteiger partial charge in [0.05, 0.1) is 25.0 Å². The maximum Gasteiger partial charge on any atom is 0.251 e. The molecule has 2 N–H and O–H groups in total. The third kappa shape index (κ3) is 5.26. The van der Waals surface area contributed by atoms with Crippen molar-refractivity contribution in [1.29, 1.82) is 0 Å². The van der Waals surface area contributed by atoms with Gasteiger partial charge >= 0.3 is 0 Å². The fourth-order valence-electron chi connectivity index (χ4n) is 3.61. The number of hydrogen-bond acceptors (Lipinski definition) is 5. The van der Waals surface area contributed by atoms with Gasteiger partial charge in [-0.25, -0.2) is 13.4 Å². The van der Waals surface area contributed by atoms with Crippen LogP contribution in [0, 0.1) is 0 Å². The SMILES string of the molecule is CCC(NC(=O)c1ccc(OC)c(S(=O)(=O)N(CC)CC)c1)c1ncc(-c2ccccc2)[nH]1. The summed E-state index contributed by atoms with van der Waals surface area (Å²) < 4.78 is 32.8. The Hall–Kier alpha value is -3.17. The van der Waals surface area contributed by atoms with Gasteiger partial charge in [-0.2, -0.15) is 4.31 Å². The number of benzene rings is 2. The van der Waals surface area contributed by atoms with Crippen molar-refractivity contribution in [1.82, 2.24) is 19.6 Å². The Morgan fingerprint density at radius 1 is 1.12 bits per heavy atom. The van der Waals surface area contributed by atoms with Crippen molar-refractivity contribution in [2.45, 2.75) is 38.1 Å². The van der Waals surface area contributed by atoms with Gasteiger partial charge in [0.2, 0.25) is 10.0 Å². The van der Waals surface area contributed by atoms with Gasteiger partial charge in [-0.15, -0.1) is 0 Å². The summed E-state index contributed by atoms with van der Waals surface area (Å²) in [7, 11) is -2.40. The number of sulfonamides is 1. The number of methoxy groups -OCH3 is 1. The zero-order valence-electron chi connectivity index (χ0n) is 19.3. The lowest BCUT2D eigenvalue weighted by Gasteiger charge is -2.21. The lowest BCUT2D eigenvalue weighted by molar-refractivity contribution is 0.0933. The maximum absolute atomic E-state index is 13.1. The number of carbonyl (C=O) groups is 1. The number of hydrogen-bond donors (Lipinski definition) is 2. The lowest BCUT2D eigenvalue weighted by Crippen LogP contribution is -2.32. The van der Waals surface area contributed by atoms with Crippen molar-refractivity contribution in [2.24, 2.45) is 0 Å². The Kier molecular flexibility index (Phi) is 7.88. The normalized spacial score (nSPS) is 12.5. The third-order valence-electron chi connectivity index (χ3n) is 5.47. The zero-order valence-corrected chi connectivity index (χ0v) is 20.1. The van der Waals surface area contributed by atoms with Crippen LogP contribution in [0.2, 0.25) is 0 Å². The first kappa shape index (κ1) is 24.5. The molecule has 1 amide bonds. The van der Waals surface area contributed by atoms with Crippen LogP contribution in [0.4, 0.5) is 0 Å². The predicted molar refractivity (Wildman–Crippen MR) is 128 cm³/mol. The van der Waals surface area contributed by atoms with Crippen LogP contribution in [0.1, 0.15) is 49.4 Å². The molecule has 1 aromatic heterocycles. The van der Waals surface area contributed by atoms with Crippen molar-refractivity contribution in [3.8, 4) is 17.0 Å². The van der Waals surface area contributed by atoms with Crippen molar-refractivity contribution < 1.29 is 17.9 Å². The topological polar surface area (TPSA) is 104 Å². The Balaban J connectivity index is 1.87. The summed E-state index contributed by atoms with van der Waals surface area (Å²) in [6.07, 6.45) is 2.34. The summed E-state index contributed by atoms with van der Waals surface area (Å²) in [6, 6.07) is 13.9. The molecule has 0 radical (unpaired) electrons. The second-order valence-corrected chi connectivity index (χ2v) is 9.34. The highest BCUT2D eigenvalue weighted by Gasteiger charge is 2.27. The van der Waals surface area contributed by atoms with Crippen molar-refractivity contribution >= 4 is 15.9 Å². The van der Waals surface area contributed by atoms with Crippen molar-refractivity contribution in [3.05, 3.63) is 66.1 Å². The number of H-pyrrole nitrogens is 1. The van der Waals surface area contributed by atoms with Crippen LogP contribution >= 0.6 is 0 Å². The lowest BCUT2D eigenvalue weighted by atomic mass is 10.1. The van der Waals surface area contributed by atoms with E-state index < -0.39 is 15.9 Å². The van der Waals surface area contributed by atoms with Gasteiger partial charge in [-0.1, -0.05) is 51.1 Å². The van der Waals surface area contributed by atoms with E-state index in [1.54, 1.807) is 26.1 Å². The number of nitrogens with zero attached hydrogens (tertiary/aromatic N) is 2. The van der Waals surface area contributed by atoms with Crippen LogP contribution in [-0.2, 0) is 10.0 Å². The molecule has 3 rings (SSSR count). The fraction of sp³-hybridized carbons (Fsp3) is 0.333. The van der Waals surface area contributed by atoms with Crippen molar-refractivity contribution in [3.63, 3.8) is 0 Å². The van der Waals surface area contributed by atoms with E-state index in [1.165, 1.54) is 23.5 Å². The molecule has 0 aliphatic rings. The minimum Gasteiger partial charge on any atom is -0.495 e. The first-order valence-corrected chi connectivity index (χ1v) is 12.4. The number of aromatic amines is 1. The molecule has 9 heteroatoms. The Labute approximate surface area is 195 Å². The molecule has 33 heavy (non-hydrogen) atoms. The van der Waals surface area contributed by atoms with Crippen LogP contribution in [0.5, 0.6) is 5.75 Å². The number of ether oxygens (including phenoxy) is 1. The molecule has 1 atom stereocenters. The Bertz CT molecular complexity index is 1190. The van der Waals surface area contributed by atoms with Crippen LogP contribution in [0.25, 0.3) is 11.3 Å². The molecule has 2 aromatic carbocycles. The van der Waals surface area contributed by atoms with E-state index in [0.717, 1.165) is 11.3 Å². The van der Waals surface area contributed by atoms with E-state index in [-0.39, 0.29) is 22.3 Å². The number of imidazole rings is 1. The number of aromatic nitrogens is 2. The molecule has 3 aromatic rings. The van der Waals surface area contributed by atoms with Gasteiger partial charge in [0, 0.05) is 18.7 Å². The first-order chi connectivity index (χ1) is 15.8. The fourth-order valence-corrected chi connectivity index (χ4v) is 5.25. The van der Waals surface area contributed by atoms with E-state index in [4.69, 9.17) is 4.74 Å². The molecule has 8 nitrogen and oxygen atoms in total. The largest absolute Gasteiger partial charge is 0.495 e. The highest BCUT2D eigenvalue weighted by atomic mass is 32.2. The molecule has 1 unspecified atom stereocenters. The molecular formula is C24H30N4O4S. The van der Waals surface area contributed by atoms with Gasteiger partial charge in [-0.3, -0.25) is 4.79 Å². The monoisotopic (exact) mass is 470 g/mol. The van der Waals surface area contributed by atoms with Gasteiger partial charge < -0.3 is 15.0 Å². The summed E-state index contributed by atoms with van der Waals surface area (Å²) in [6.45, 7) is 6.11. The highest BCUT2D eigenvalue weighted by Crippen LogP contribution is 2.28. The Morgan fingerprint density at radius 2 is 1.82 bits per heavy atom. The molecule has 0 saturated carbocycles. The molecule has 0 fully saturated rings. The van der Waals surface area contributed by atoms with E-state index in [9.17, 15) is 13.2 Å². The molecule has 0 spiro atoms. The standard InChI is InChI=1S/C24H30N4O4S/c1-5-19(23-25-16-20(26-23)17-11-9-8-10-12-17)27-24(29)18-13-14-21(32-4)22(15-18)33(30,31)28(6-2)7-3/h8-16,19H,5-7H2,1-4H3,(H,25,26)(H,27,29). The summed E-state index contributed by atoms with van der Waals surface area (Å²) in [5.41, 5.74) is 2.09. The molecule has 1 heterocycles. The minimum absolute atomic E-state index is 0.0289. The predicted octanol–water partition coefficient (Wildman–Crippen LogP) is 4.00. The maximum atomic E-state index is 13.1. The van der Waals surface area contributed by atoms with E-state index in [2.05, 4.69) is 15.3 Å². The number of amides is 1. The zero-order chi connectivity index (χ0) is 24.0. The second-order valence-electron chi connectivity index (χ2n) is 7.44. The van der Waals surface area contributed by atoms with Crippen LogP contribution < -0.4 is 10.1 Å². The van der Waals surface area contributed by atoms with Crippen LogP contribution in [0.15, 0.2) is 59.6 Å². The number of nitrogens with one attached hydrogen (secondary N) is 2. The van der Waals surface area contributed by atoms with Gasteiger partial charge in [0.25, 0.3) is 5.91 Å². The molecule has 0 saturated heterocycles. The van der Waals surface area contributed by atoms with Crippen molar-refractivity contribution in [2.75, 3.05) is 20.2 Å². The third-order valence-corrected chi connectivity index (χ3v) is 7.54. The molecule has 0 aliphatic carbocycles. The minimum atomic E-state index is -3.80. The summed E-state index contributed by atoms with van der Waals surface area (Å²) in [5, 5.41) is 2.96. The summed E-state index contributed by atoms with van der Waals surface area (Å²) in [5.74, 6) is 0.441. The molecule has 0 aliphatic heterocycles. The quantitative estimate of drug-likeness (QED) is 0.466.